The lowest BCUT2D eigenvalue weighted by molar-refractivity contribution is -0.117. The summed E-state index contributed by atoms with van der Waals surface area (Å²) in [4.78, 5) is 18.1. The van der Waals surface area contributed by atoms with Gasteiger partial charge in [-0.15, -0.1) is 0 Å². The number of aromatic nitrogens is 1. The van der Waals surface area contributed by atoms with Crippen LogP contribution in [0.25, 0.3) is 10.9 Å². The van der Waals surface area contributed by atoms with Gasteiger partial charge in [0.2, 0.25) is 15.9 Å². The van der Waals surface area contributed by atoms with Crippen LogP contribution in [0.3, 0.4) is 0 Å². The van der Waals surface area contributed by atoms with Gasteiger partial charge < -0.3 is 4.90 Å². The summed E-state index contributed by atoms with van der Waals surface area (Å²) in [6, 6.07) is 9.37. The number of nitrogens with zero attached hydrogens (tertiary/aromatic N) is 2. The van der Waals surface area contributed by atoms with Crippen LogP contribution in [0.2, 0.25) is 0 Å². The molecule has 1 aromatic heterocycles. The maximum Gasteiger partial charge on any atom is 0.227 e. The predicted octanol–water partition coefficient (Wildman–Crippen LogP) is 0.876. The van der Waals surface area contributed by atoms with Gasteiger partial charge in [-0.1, -0.05) is 18.2 Å². The minimum atomic E-state index is -3.57. The molecule has 1 aromatic carbocycles. The topological polar surface area (TPSA) is 93.4 Å². The zero-order valence-electron chi connectivity index (χ0n) is 11.3. The van der Waals surface area contributed by atoms with E-state index >= 15 is 0 Å². The predicted molar refractivity (Wildman–Crippen MR) is 80.2 cm³/mol. The Morgan fingerprint density at radius 1 is 1.29 bits per heavy atom. The number of sulfonamides is 1. The highest BCUT2D eigenvalue weighted by molar-refractivity contribution is 7.89. The van der Waals surface area contributed by atoms with Gasteiger partial charge in [0.25, 0.3) is 0 Å². The van der Waals surface area contributed by atoms with E-state index in [1.54, 1.807) is 11.1 Å². The molecule has 1 fully saturated rings. The van der Waals surface area contributed by atoms with Gasteiger partial charge >= 0.3 is 0 Å². The van der Waals surface area contributed by atoms with E-state index in [4.69, 9.17) is 5.14 Å². The van der Waals surface area contributed by atoms with Crippen molar-refractivity contribution < 1.29 is 13.2 Å². The first-order valence-corrected chi connectivity index (χ1v) is 8.30. The van der Waals surface area contributed by atoms with Gasteiger partial charge in [-0.05, 0) is 12.1 Å². The second-order valence-corrected chi connectivity index (χ2v) is 6.92. The monoisotopic (exact) mass is 305 g/mol. The number of hydrogen-bond acceptors (Lipinski definition) is 4. The van der Waals surface area contributed by atoms with Crippen molar-refractivity contribution in [1.82, 2.24) is 4.98 Å². The molecule has 6 nitrogen and oxygen atoms in total. The van der Waals surface area contributed by atoms with Crippen molar-refractivity contribution in [3.8, 4) is 0 Å². The Balaban J connectivity index is 1.95. The van der Waals surface area contributed by atoms with Crippen molar-refractivity contribution >= 4 is 32.5 Å². The van der Waals surface area contributed by atoms with Crippen molar-refractivity contribution in [2.45, 2.75) is 6.42 Å². The molecule has 1 unspecified atom stereocenters. The number of rotatable bonds is 3. The fourth-order valence-corrected chi connectivity index (χ4v) is 3.64. The molecule has 2 heterocycles. The first-order valence-electron chi connectivity index (χ1n) is 6.58. The van der Waals surface area contributed by atoms with Gasteiger partial charge in [-0.3, -0.25) is 9.78 Å². The molecule has 7 heteroatoms. The van der Waals surface area contributed by atoms with E-state index in [-0.39, 0.29) is 24.0 Å². The van der Waals surface area contributed by atoms with Crippen LogP contribution in [-0.2, 0) is 14.8 Å². The molecule has 110 valence electrons. The lowest BCUT2D eigenvalue weighted by Crippen LogP contribution is -2.27. The van der Waals surface area contributed by atoms with Crippen molar-refractivity contribution in [3.63, 3.8) is 0 Å². The van der Waals surface area contributed by atoms with E-state index in [2.05, 4.69) is 4.98 Å². The van der Waals surface area contributed by atoms with Crippen molar-refractivity contribution in [2.24, 2.45) is 11.1 Å². The lowest BCUT2D eigenvalue weighted by Gasteiger charge is -2.18. The molecule has 0 aliphatic carbocycles. The van der Waals surface area contributed by atoms with Crippen molar-refractivity contribution in [2.75, 3.05) is 17.2 Å². The van der Waals surface area contributed by atoms with Crippen molar-refractivity contribution in [1.29, 1.82) is 0 Å². The van der Waals surface area contributed by atoms with E-state index in [1.807, 2.05) is 30.3 Å². The van der Waals surface area contributed by atoms with Crippen LogP contribution in [0.5, 0.6) is 0 Å². The summed E-state index contributed by atoms with van der Waals surface area (Å²) in [5.74, 6) is -0.541. The molecule has 21 heavy (non-hydrogen) atoms. The Morgan fingerprint density at radius 2 is 2.05 bits per heavy atom. The molecule has 0 saturated carbocycles. The molecule has 1 aliphatic heterocycles. The SMILES string of the molecule is NS(=O)(=O)CC1CC(=O)N(c2cccc3cccnc23)C1. The number of carbonyl (C=O) groups is 1. The summed E-state index contributed by atoms with van der Waals surface area (Å²) in [5.41, 5.74) is 1.46. The van der Waals surface area contributed by atoms with Gasteiger partial charge in [0.15, 0.2) is 0 Å². The van der Waals surface area contributed by atoms with Gasteiger partial charge in [0.1, 0.15) is 0 Å². The molecule has 1 aliphatic rings. The lowest BCUT2D eigenvalue weighted by atomic mass is 10.1. The summed E-state index contributed by atoms with van der Waals surface area (Å²) in [5, 5.41) is 6.01. The molecule has 3 rings (SSSR count). The first kappa shape index (κ1) is 14.0. The minimum Gasteiger partial charge on any atom is -0.310 e. The molecular weight excluding hydrogens is 290 g/mol. The number of para-hydroxylation sites is 1. The Kier molecular flexibility index (Phi) is 3.38. The number of primary sulfonamides is 1. The number of anilines is 1. The third-order valence-corrected chi connectivity index (χ3v) is 4.51. The average molecular weight is 305 g/mol. The number of amides is 1. The minimum absolute atomic E-state index is 0.0956. The van der Waals surface area contributed by atoms with E-state index < -0.39 is 10.0 Å². The van der Waals surface area contributed by atoms with Crippen molar-refractivity contribution in [3.05, 3.63) is 36.5 Å². The molecule has 1 saturated heterocycles. The Labute approximate surface area is 122 Å². The quantitative estimate of drug-likeness (QED) is 0.910. The van der Waals surface area contributed by atoms with Gasteiger partial charge in [-0.25, -0.2) is 13.6 Å². The third kappa shape index (κ3) is 2.88. The second-order valence-electron chi connectivity index (χ2n) is 5.26. The number of pyridine rings is 1. The second kappa shape index (κ2) is 5.09. The normalized spacial score (nSPS) is 19.4. The number of carbonyl (C=O) groups excluding carboxylic acids is 1. The Bertz CT molecular complexity index is 799. The summed E-state index contributed by atoms with van der Waals surface area (Å²) in [7, 11) is -3.57. The largest absolute Gasteiger partial charge is 0.310 e. The maximum absolute atomic E-state index is 12.2. The van der Waals surface area contributed by atoms with Crippen LogP contribution < -0.4 is 10.0 Å². The number of nitrogens with two attached hydrogens (primary N) is 1. The van der Waals surface area contributed by atoms with E-state index in [9.17, 15) is 13.2 Å². The molecule has 2 aromatic rings. The molecule has 2 N–H and O–H groups in total. The van der Waals surface area contributed by atoms with Crippen LogP contribution in [0.4, 0.5) is 5.69 Å². The van der Waals surface area contributed by atoms with E-state index in [0.29, 0.717) is 6.54 Å². The first-order chi connectivity index (χ1) is 9.94. The average Bonchev–Trinajstić information content (AvgIpc) is 2.76. The fourth-order valence-electron chi connectivity index (χ4n) is 2.76. The van der Waals surface area contributed by atoms with E-state index in [1.165, 1.54) is 0 Å². The highest BCUT2D eigenvalue weighted by atomic mass is 32.2. The summed E-state index contributed by atoms with van der Waals surface area (Å²) in [6.07, 6.45) is 1.87. The summed E-state index contributed by atoms with van der Waals surface area (Å²) >= 11 is 0. The van der Waals surface area contributed by atoms with Gasteiger partial charge in [-0.2, -0.15) is 0 Å². The smallest absolute Gasteiger partial charge is 0.227 e. The van der Waals surface area contributed by atoms with Crippen LogP contribution in [-0.4, -0.2) is 31.6 Å². The molecule has 0 radical (unpaired) electrons. The molecular formula is C14H15N3O3S. The van der Waals surface area contributed by atoms with Gasteiger partial charge in [0, 0.05) is 30.5 Å². The van der Waals surface area contributed by atoms with Crippen LogP contribution in [0, 0.1) is 5.92 Å². The fraction of sp³-hybridized carbons (Fsp3) is 0.286. The Hall–Kier alpha value is -1.99. The van der Waals surface area contributed by atoms with Gasteiger partial charge in [0.05, 0.1) is 17.0 Å². The summed E-state index contributed by atoms with van der Waals surface area (Å²) in [6.45, 7) is 0.352. The number of fused-ring (bicyclic) bond motifs is 1. The standard InChI is InChI=1S/C14H15N3O3S/c15-21(19,20)9-10-7-13(18)17(8-10)12-5-1-3-11-4-2-6-16-14(11)12/h1-6,10H,7-9H2,(H2,15,19,20). The summed E-state index contributed by atoms with van der Waals surface area (Å²) < 4.78 is 22.4. The molecule has 1 amide bonds. The number of hydrogen-bond donors (Lipinski definition) is 1. The molecule has 0 bridgehead atoms. The molecule has 0 spiro atoms. The zero-order chi connectivity index (χ0) is 15.0. The molecule has 1 atom stereocenters. The third-order valence-electron chi connectivity index (χ3n) is 3.58. The van der Waals surface area contributed by atoms with Crippen LogP contribution >= 0.6 is 0 Å². The Morgan fingerprint density at radius 3 is 2.81 bits per heavy atom. The highest BCUT2D eigenvalue weighted by Gasteiger charge is 2.33. The highest BCUT2D eigenvalue weighted by Crippen LogP contribution is 2.30. The van der Waals surface area contributed by atoms with E-state index in [0.717, 1.165) is 16.6 Å². The van der Waals surface area contributed by atoms with Crippen LogP contribution in [0.15, 0.2) is 36.5 Å². The zero-order valence-corrected chi connectivity index (χ0v) is 12.1. The maximum atomic E-state index is 12.2. The number of benzene rings is 1. The van der Waals surface area contributed by atoms with Crippen LogP contribution in [0.1, 0.15) is 6.42 Å².